The van der Waals surface area contributed by atoms with Gasteiger partial charge in [0, 0.05) is 32.9 Å². The van der Waals surface area contributed by atoms with Crippen molar-refractivity contribution in [3.05, 3.63) is 84.3 Å². The van der Waals surface area contributed by atoms with Crippen molar-refractivity contribution in [1.29, 1.82) is 0 Å². The number of benzene rings is 2. The maximum Gasteiger partial charge on any atom is 0.410 e. The molecule has 10 heteroatoms. The van der Waals surface area contributed by atoms with Gasteiger partial charge in [0.1, 0.15) is 35.2 Å². The van der Waals surface area contributed by atoms with Gasteiger partial charge >= 0.3 is 6.09 Å². The number of carbonyl (C=O) groups excluding carboxylic acids is 1. The molecule has 2 aromatic carbocycles. The summed E-state index contributed by atoms with van der Waals surface area (Å²) in [6.07, 6.45) is 8.68. The largest absolute Gasteiger partial charge is 0.497 e. The van der Waals surface area contributed by atoms with Crippen molar-refractivity contribution in [3.63, 3.8) is 0 Å². The van der Waals surface area contributed by atoms with Crippen LogP contribution in [0.3, 0.4) is 0 Å². The van der Waals surface area contributed by atoms with Crippen LogP contribution in [0.5, 0.6) is 5.75 Å². The molecule has 4 atom stereocenters. The fraction of sp³-hybridized carbons (Fsp3) is 0.548. The molecule has 0 unspecified atom stereocenters. The van der Waals surface area contributed by atoms with E-state index in [0.717, 1.165) is 61.2 Å². The zero-order valence-electron chi connectivity index (χ0n) is 31.8. The molecular formula is C42H55N5O5. The summed E-state index contributed by atoms with van der Waals surface area (Å²) in [6, 6.07) is 20.8. The Hall–Kier alpha value is -4.15. The second-order valence-electron chi connectivity index (χ2n) is 16.6. The van der Waals surface area contributed by atoms with E-state index >= 15 is 0 Å². The van der Waals surface area contributed by atoms with E-state index < -0.39 is 11.4 Å². The summed E-state index contributed by atoms with van der Waals surface area (Å²) in [5.41, 5.74) is 2.81. The number of anilines is 1. The highest BCUT2D eigenvalue weighted by Gasteiger charge is 2.55. The second kappa shape index (κ2) is 14.7. The van der Waals surface area contributed by atoms with E-state index in [2.05, 4.69) is 65.2 Å². The van der Waals surface area contributed by atoms with E-state index in [-0.39, 0.29) is 24.3 Å². The van der Waals surface area contributed by atoms with E-state index in [1.165, 1.54) is 11.1 Å². The molecule has 0 spiro atoms. The Bertz CT molecular complexity index is 1810. The number of aromatic nitrogens is 3. The van der Waals surface area contributed by atoms with Crippen molar-refractivity contribution in [2.75, 3.05) is 32.1 Å². The van der Waals surface area contributed by atoms with Gasteiger partial charge in [0.25, 0.3) is 0 Å². The molecular weight excluding hydrogens is 654 g/mol. The van der Waals surface area contributed by atoms with Crippen LogP contribution in [0.4, 0.5) is 10.6 Å². The molecule has 3 fully saturated rings. The summed E-state index contributed by atoms with van der Waals surface area (Å²) < 4.78 is 26.7. The molecule has 10 nitrogen and oxygen atoms in total. The van der Waals surface area contributed by atoms with Crippen LogP contribution in [0.15, 0.2) is 73.2 Å². The first-order valence-electron chi connectivity index (χ1n) is 18.9. The number of hydrogen-bond acceptors (Lipinski definition) is 8. The number of ether oxygens (including phenoxy) is 4. The van der Waals surface area contributed by atoms with E-state index in [1.807, 2.05) is 57.7 Å². The van der Waals surface area contributed by atoms with Gasteiger partial charge < -0.3 is 33.3 Å². The van der Waals surface area contributed by atoms with E-state index in [1.54, 1.807) is 13.4 Å². The van der Waals surface area contributed by atoms with E-state index in [0.29, 0.717) is 30.8 Å². The minimum absolute atomic E-state index is 0.0275. The van der Waals surface area contributed by atoms with Gasteiger partial charge in [0.2, 0.25) is 0 Å². The Labute approximate surface area is 308 Å². The van der Waals surface area contributed by atoms with Crippen LogP contribution in [-0.2, 0) is 27.2 Å². The molecule has 2 aliphatic carbocycles. The summed E-state index contributed by atoms with van der Waals surface area (Å²) in [7, 11) is 3.76. The fourth-order valence-corrected chi connectivity index (χ4v) is 8.62. The van der Waals surface area contributed by atoms with Crippen molar-refractivity contribution in [3.8, 4) is 5.75 Å². The first-order valence-corrected chi connectivity index (χ1v) is 18.9. The van der Waals surface area contributed by atoms with Crippen LogP contribution in [0.1, 0.15) is 77.5 Å². The molecule has 1 aliphatic heterocycles. The SMILES string of the molecule is COc1ccc(CN(C)c2ncnc3c2ccn3[C@@H]2C[C@H](CC3CC(CN(CCc4ccccc4)C(=O)OC(C)(C)C)C3)[C@H]3OC(C)(C)O[C@H]32)cc1. The van der Waals surface area contributed by atoms with Crippen molar-refractivity contribution >= 4 is 22.9 Å². The normalized spacial score (nSPS) is 25.1. The number of methoxy groups -OCH3 is 1. The van der Waals surface area contributed by atoms with Gasteiger partial charge in [-0.05, 0) is 114 Å². The molecule has 1 amide bonds. The maximum absolute atomic E-state index is 13.3. The molecule has 3 aliphatic rings. The minimum atomic E-state index is -0.636. The number of amides is 1. The zero-order chi connectivity index (χ0) is 36.6. The topological polar surface area (TPSA) is 91.2 Å². The molecule has 278 valence electrons. The predicted octanol–water partition coefficient (Wildman–Crippen LogP) is 8.05. The van der Waals surface area contributed by atoms with E-state index in [9.17, 15) is 4.79 Å². The molecule has 0 bridgehead atoms. The molecule has 1 saturated heterocycles. The standard InChI is InChI=1S/C42H55N5O5/c1-41(2,3)52-40(48)46(19-17-28-11-9-8-10-12-28)26-31-21-30(22-31)23-32-24-35(37-36(32)50-42(4,5)51-37)47-20-18-34-38(43-27-44-39(34)47)45(6)25-29-13-15-33(49-7)16-14-29/h8-16,18,20,27,30-32,35-37H,17,19,21-26H2,1-7H3/t30?,31?,32-,35+,36+,37-/m0/s1. The van der Waals surface area contributed by atoms with E-state index in [4.69, 9.17) is 28.9 Å². The quantitative estimate of drug-likeness (QED) is 0.146. The van der Waals surface area contributed by atoms with Crippen molar-refractivity contribution in [2.24, 2.45) is 17.8 Å². The average Bonchev–Trinajstić information content (AvgIpc) is 3.75. The highest BCUT2D eigenvalue weighted by Crippen LogP contribution is 2.52. The first-order chi connectivity index (χ1) is 24.9. The summed E-state index contributed by atoms with van der Waals surface area (Å²) in [6.45, 7) is 12.0. The van der Waals surface area contributed by atoms with Gasteiger partial charge in [-0.3, -0.25) is 0 Å². The monoisotopic (exact) mass is 709 g/mol. The van der Waals surface area contributed by atoms with Gasteiger partial charge in [0.15, 0.2) is 5.79 Å². The first kappa shape index (κ1) is 36.2. The molecule has 4 aromatic rings. The summed E-state index contributed by atoms with van der Waals surface area (Å²) in [4.78, 5) is 26.9. The van der Waals surface area contributed by atoms with Gasteiger partial charge in [-0.25, -0.2) is 14.8 Å². The van der Waals surface area contributed by atoms with Crippen LogP contribution in [0.25, 0.3) is 11.0 Å². The van der Waals surface area contributed by atoms with Gasteiger partial charge in [-0.1, -0.05) is 42.5 Å². The molecule has 52 heavy (non-hydrogen) atoms. The fourth-order valence-electron chi connectivity index (χ4n) is 8.62. The van der Waals surface area contributed by atoms with Gasteiger partial charge in [-0.15, -0.1) is 0 Å². The molecule has 2 saturated carbocycles. The summed E-state index contributed by atoms with van der Waals surface area (Å²) in [5.74, 6) is 2.55. The van der Waals surface area contributed by atoms with Crippen LogP contribution in [0.2, 0.25) is 0 Å². The molecule has 0 N–H and O–H groups in total. The zero-order valence-corrected chi connectivity index (χ0v) is 31.8. The van der Waals surface area contributed by atoms with Crippen LogP contribution < -0.4 is 9.64 Å². The summed E-state index contributed by atoms with van der Waals surface area (Å²) >= 11 is 0. The number of carbonyl (C=O) groups is 1. The van der Waals surface area contributed by atoms with Crippen molar-refractivity contribution < 1.29 is 23.7 Å². The number of rotatable bonds is 12. The lowest BCUT2D eigenvalue weighted by Crippen LogP contribution is -2.43. The third-order valence-corrected chi connectivity index (χ3v) is 11.0. The molecule has 2 aromatic heterocycles. The Morgan fingerprint density at radius 1 is 0.942 bits per heavy atom. The highest BCUT2D eigenvalue weighted by atomic mass is 16.8. The van der Waals surface area contributed by atoms with Crippen molar-refractivity contribution in [1.82, 2.24) is 19.4 Å². The van der Waals surface area contributed by atoms with Gasteiger partial charge in [-0.2, -0.15) is 0 Å². The Morgan fingerprint density at radius 2 is 1.67 bits per heavy atom. The second-order valence-corrected chi connectivity index (χ2v) is 16.6. The maximum atomic E-state index is 13.3. The lowest BCUT2D eigenvalue weighted by Gasteiger charge is -2.40. The van der Waals surface area contributed by atoms with Crippen LogP contribution >= 0.6 is 0 Å². The summed E-state index contributed by atoms with van der Waals surface area (Å²) in [5, 5.41) is 1.03. The minimum Gasteiger partial charge on any atom is -0.497 e. The number of fused-ring (bicyclic) bond motifs is 2. The Kier molecular flexibility index (Phi) is 10.2. The Balaban J connectivity index is 1.01. The highest BCUT2D eigenvalue weighted by molar-refractivity contribution is 5.88. The predicted molar refractivity (Wildman–Crippen MR) is 202 cm³/mol. The van der Waals surface area contributed by atoms with Gasteiger partial charge in [0.05, 0.1) is 24.6 Å². The third kappa shape index (κ3) is 8.08. The molecule has 3 heterocycles. The molecule has 0 radical (unpaired) electrons. The van der Waals surface area contributed by atoms with Crippen LogP contribution in [0, 0.1) is 17.8 Å². The number of nitrogens with zero attached hydrogens (tertiary/aromatic N) is 5. The number of hydrogen-bond donors (Lipinski definition) is 0. The molecule has 7 rings (SSSR count). The lowest BCUT2D eigenvalue weighted by molar-refractivity contribution is -0.161. The lowest BCUT2D eigenvalue weighted by atomic mass is 9.70. The average molecular weight is 710 g/mol. The smallest absolute Gasteiger partial charge is 0.410 e. The third-order valence-electron chi connectivity index (χ3n) is 11.0. The van der Waals surface area contributed by atoms with Crippen molar-refractivity contribution in [2.45, 2.75) is 103 Å². The Morgan fingerprint density at radius 3 is 2.38 bits per heavy atom. The van der Waals surface area contributed by atoms with Crippen LogP contribution in [-0.4, -0.2) is 76.4 Å².